The Morgan fingerprint density at radius 2 is 1.76 bits per heavy atom. The molecular weight excluding hydrogens is 383 g/mol. The highest BCUT2D eigenvalue weighted by Gasteiger charge is 2.29. The van der Waals surface area contributed by atoms with E-state index in [2.05, 4.69) is 10.4 Å². The highest BCUT2D eigenvalue weighted by molar-refractivity contribution is 5.89. The maximum atomic E-state index is 12.7. The van der Waals surface area contributed by atoms with Crippen molar-refractivity contribution in [2.24, 2.45) is 9.98 Å². The number of alkyl halides is 3. The van der Waals surface area contributed by atoms with E-state index in [1.165, 1.54) is 12.1 Å². The topological polar surface area (TPSA) is 87.9 Å². The van der Waals surface area contributed by atoms with Crippen LogP contribution in [-0.4, -0.2) is 27.8 Å². The second-order valence-electron chi connectivity index (χ2n) is 7.09. The predicted octanol–water partition coefficient (Wildman–Crippen LogP) is 3.59. The van der Waals surface area contributed by atoms with E-state index >= 15 is 0 Å². The molecule has 1 heterocycles. The fourth-order valence-electron chi connectivity index (χ4n) is 3.22. The fourth-order valence-corrected chi connectivity index (χ4v) is 3.22. The molecule has 4 N–H and O–H groups in total. The molecule has 1 fully saturated rings. The summed E-state index contributed by atoms with van der Waals surface area (Å²) in [6, 6.07) is 10.0. The van der Waals surface area contributed by atoms with Crippen LogP contribution in [0.1, 0.15) is 38.2 Å². The zero-order valence-corrected chi connectivity index (χ0v) is 16.0. The Bertz CT molecular complexity index is 926. The van der Waals surface area contributed by atoms with Crippen LogP contribution in [0.25, 0.3) is 0 Å². The number of anilines is 1. The van der Waals surface area contributed by atoms with E-state index in [1.807, 2.05) is 6.07 Å². The minimum Gasteiger partial charge on any atom is -0.393 e. The Kier molecular flexibility index (Phi) is 6.26. The normalized spacial score (nSPS) is 21.3. The third kappa shape index (κ3) is 5.60. The van der Waals surface area contributed by atoms with Crippen LogP contribution < -0.4 is 16.6 Å². The third-order valence-corrected chi connectivity index (χ3v) is 4.75. The van der Waals surface area contributed by atoms with Crippen LogP contribution >= 0.6 is 0 Å². The molecule has 156 valence electrons. The lowest BCUT2D eigenvalue weighted by Crippen LogP contribution is -2.35. The fraction of sp³-hybridized carbons (Fsp3) is 0.400. The van der Waals surface area contributed by atoms with E-state index < -0.39 is 11.7 Å². The van der Waals surface area contributed by atoms with E-state index in [9.17, 15) is 18.3 Å². The number of rotatable bonds is 3. The summed E-state index contributed by atoms with van der Waals surface area (Å²) in [5.74, 6) is 0.868. The Morgan fingerprint density at radius 1 is 1.10 bits per heavy atom. The predicted molar refractivity (Wildman–Crippen MR) is 106 cm³/mol. The van der Waals surface area contributed by atoms with Gasteiger partial charge in [0.25, 0.3) is 0 Å². The number of aliphatic hydroxyl groups excluding tert-OH is 1. The molecule has 1 aromatic heterocycles. The number of halogens is 3. The van der Waals surface area contributed by atoms with Crippen LogP contribution in [0.3, 0.4) is 0 Å². The van der Waals surface area contributed by atoms with Gasteiger partial charge in [-0.3, -0.25) is 10.4 Å². The van der Waals surface area contributed by atoms with Gasteiger partial charge in [-0.25, -0.2) is 9.67 Å². The molecule has 6 nitrogen and oxygen atoms in total. The number of aromatic nitrogens is 1. The van der Waals surface area contributed by atoms with Crippen molar-refractivity contribution < 1.29 is 18.3 Å². The van der Waals surface area contributed by atoms with Crippen molar-refractivity contribution >= 4 is 17.3 Å². The highest BCUT2D eigenvalue weighted by Crippen LogP contribution is 2.30. The van der Waals surface area contributed by atoms with Gasteiger partial charge in [-0.05, 0) is 69.0 Å². The first kappa shape index (κ1) is 20.9. The van der Waals surface area contributed by atoms with Gasteiger partial charge in [-0.15, -0.1) is 0 Å². The van der Waals surface area contributed by atoms with E-state index in [0.29, 0.717) is 22.8 Å². The first-order valence-corrected chi connectivity index (χ1v) is 9.41. The first-order chi connectivity index (χ1) is 13.7. The zero-order chi connectivity index (χ0) is 21.0. The second-order valence-corrected chi connectivity index (χ2v) is 7.09. The van der Waals surface area contributed by atoms with Crippen LogP contribution in [0.15, 0.2) is 52.4 Å². The van der Waals surface area contributed by atoms with Crippen LogP contribution in [0, 0.1) is 0 Å². The van der Waals surface area contributed by atoms with Gasteiger partial charge in [0.15, 0.2) is 0 Å². The number of nitrogens with zero attached hydrogens (tertiary/aromatic N) is 3. The lowest BCUT2D eigenvalue weighted by Gasteiger charge is -2.22. The number of benzene rings is 1. The Hall–Kier alpha value is -2.81. The molecule has 0 amide bonds. The number of aliphatic imine (C=N–C) groups is 1. The summed E-state index contributed by atoms with van der Waals surface area (Å²) in [4.78, 5) is 9.04. The average molecular weight is 407 g/mol. The molecule has 0 bridgehead atoms. The quantitative estimate of drug-likeness (QED) is 0.537. The van der Waals surface area contributed by atoms with Crippen molar-refractivity contribution in [2.75, 3.05) is 11.2 Å². The van der Waals surface area contributed by atoms with Gasteiger partial charge in [0.05, 0.1) is 23.4 Å². The first-order valence-electron chi connectivity index (χ1n) is 9.41. The van der Waals surface area contributed by atoms with Crippen LogP contribution in [0.4, 0.5) is 24.7 Å². The Morgan fingerprint density at radius 3 is 2.38 bits per heavy atom. The maximum absolute atomic E-state index is 12.7. The van der Waals surface area contributed by atoms with Crippen molar-refractivity contribution in [3.63, 3.8) is 0 Å². The molecule has 0 spiro atoms. The number of nitrogen functional groups attached to an aromatic ring is 1. The van der Waals surface area contributed by atoms with Crippen molar-refractivity contribution in [1.82, 2.24) is 4.68 Å². The standard InChI is InChI=1S/C20H24F3N5O/c1-13(25-15-7-5-14(6-8-15)20(21,22)23)27-28-18(24)3-2-4-19(28)26-16-9-11-17(29)12-10-16/h2-8,16-17,29H,9-12,24H2,1H3,(H,25,27). The number of hydrogen-bond donors (Lipinski definition) is 3. The van der Waals surface area contributed by atoms with Gasteiger partial charge in [-0.1, -0.05) is 6.07 Å². The molecule has 1 aromatic carbocycles. The van der Waals surface area contributed by atoms with Crippen molar-refractivity contribution in [3.05, 3.63) is 53.5 Å². The molecule has 1 aliphatic carbocycles. The molecule has 2 aromatic rings. The van der Waals surface area contributed by atoms with Gasteiger partial charge in [-0.2, -0.15) is 13.2 Å². The van der Waals surface area contributed by atoms with Gasteiger partial charge in [0.1, 0.15) is 17.1 Å². The lowest BCUT2D eigenvalue weighted by molar-refractivity contribution is -0.137. The van der Waals surface area contributed by atoms with Crippen LogP contribution in [0.5, 0.6) is 0 Å². The average Bonchev–Trinajstić information content (AvgIpc) is 2.66. The molecule has 1 saturated carbocycles. The monoisotopic (exact) mass is 407 g/mol. The van der Waals surface area contributed by atoms with Crippen molar-refractivity contribution in [2.45, 2.75) is 50.9 Å². The van der Waals surface area contributed by atoms with Gasteiger partial charge < -0.3 is 10.8 Å². The summed E-state index contributed by atoms with van der Waals surface area (Å²) in [6.45, 7) is 1.69. The minimum atomic E-state index is -4.38. The number of aliphatic hydroxyl groups is 1. The summed E-state index contributed by atoms with van der Waals surface area (Å²) in [6.07, 6.45) is -1.60. The molecule has 0 aliphatic heterocycles. The number of pyridine rings is 1. The molecule has 0 unspecified atom stereocenters. The van der Waals surface area contributed by atoms with E-state index in [1.54, 1.807) is 23.7 Å². The molecule has 3 rings (SSSR count). The van der Waals surface area contributed by atoms with Crippen LogP contribution in [-0.2, 0) is 6.18 Å². The summed E-state index contributed by atoms with van der Waals surface area (Å²) in [5, 5.41) is 9.66. The molecule has 9 heteroatoms. The number of hydrogen-bond acceptors (Lipinski definition) is 4. The number of nitrogens with two attached hydrogens (primary N) is 1. The van der Waals surface area contributed by atoms with Crippen molar-refractivity contribution in [1.29, 1.82) is 0 Å². The Labute approximate surface area is 166 Å². The van der Waals surface area contributed by atoms with E-state index in [4.69, 9.17) is 10.7 Å². The van der Waals surface area contributed by atoms with Crippen molar-refractivity contribution in [3.8, 4) is 0 Å². The highest BCUT2D eigenvalue weighted by atomic mass is 19.4. The van der Waals surface area contributed by atoms with Crippen LogP contribution in [0.2, 0.25) is 0 Å². The molecule has 0 atom stereocenters. The summed E-state index contributed by atoms with van der Waals surface area (Å²) in [5.41, 5.74) is 9.41. The minimum absolute atomic E-state index is 0.0976. The zero-order valence-electron chi connectivity index (χ0n) is 16.0. The van der Waals surface area contributed by atoms with Gasteiger partial charge >= 0.3 is 6.18 Å². The van der Waals surface area contributed by atoms with Gasteiger partial charge in [0.2, 0.25) is 0 Å². The maximum Gasteiger partial charge on any atom is 0.416 e. The molecule has 0 radical (unpaired) electrons. The summed E-state index contributed by atoms with van der Waals surface area (Å²) in [7, 11) is 0. The number of nitrogens with one attached hydrogen (secondary N) is 1. The lowest BCUT2D eigenvalue weighted by atomic mass is 9.94. The summed E-state index contributed by atoms with van der Waals surface area (Å²) < 4.78 is 39.6. The van der Waals surface area contributed by atoms with E-state index in [0.717, 1.165) is 37.8 Å². The smallest absolute Gasteiger partial charge is 0.393 e. The SMILES string of the molecule is CC(=Nc1ccc(C(F)(F)F)cc1)Nn1c(N)cccc1=NC1CCC(O)CC1. The van der Waals surface area contributed by atoms with Gasteiger partial charge in [0, 0.05) is 0 Å². The summed E-state index contributed by atoms with van der Waals surface area (Å²) >= 11 is 0. The second kappa shape index (κ2) is 8.69. The number of amidine groups is 1. The molecule has 29 heavy (non-hydrogen) atoms. The molecular formula is C20H24F3N5O. The Balaban J connectivity index is 1.81. The van der Waals surface area contributed by atoms with E-state index in [-0.39, 0.29) is 12.1 Å². The largest absolute Gasteiger partial charge is 0.416 e. The third-order valence-electron chi connectivity index (χ3n) is 4.75. The molecule has 0 saturated heterocycles. The molecule has 1 aliphatic rings.